The predicted octanol–water partition coefficient (Wildman–Crippen LogP) is 4.01. The van der Waals surface area contributed by atoms with E-state index in [9.17, 15) is 5.11 Å². The van der Waals surface area contributed by atoms with E-state index in [1.54, 1.807) is 0 Å². The fourth-order valence-corrected chi connectivity index (χ4v) is 3.08. The Labute approximate surface area is 117 Å². The van der Waals surface area contributed by atoms with E-state index in [0.717, 1.165) is 22.2 Å². The average molecular weight is 261 g/mol. The van der Waals surface area contributed by atoms with E-state index in [1.165, 1.54) is 5.39 Å². The largest absolute Gasteiger partial charge is 0.387 e. The van der Waals surface area contributed by atoms with Crippen LogP contribution in [0.2, 0.25) is 0 Å². The van der Waals surface area contributed by atoms with Crippen molar-refractivity contribution in [3.05, 3.63) is 77.5 Å². The fourth-order valence-electron chi connectivity index (χ4n) is 3.08. The van der Waals surface area contributed by atoms with Gasteiger partial charge in [0.1, 0.15) is 0 Å². The van der Waals surface area contributed by atoms with Crippen LogP contribution in [-0.2, 0) is 0 Å². The Kier molecular flexibility index (Phi) is 2.51. The molecule has 0 aliphatic heterocycles. The molecule has 0 saturated carbocycles. The Bertz CT molecular complexity index is 800. The summed E-state index contributed by atoms with van der Waals surface area (Å²) in [6, 6.07) is 16.2. The zero-order chi connectivity index (χ0) is 13.5. The van der Waals surface area contributed by atoms with E-state index < -0.39 is 6.10 Å². The second-order valence-corrected chi connectivity index (χ2v) is 5.25. The summed E-state index contributed by atoms with van der Waals surface area (Å²) in [5, 5.41) is 11.9. The van der Waals surface area contributed by atoms with Gasteiger partial charge in [-0.15, -0.1) is 0 Å². The number of nitrogens with one attached hydrogen (secondary N) is 1. The summed E-state index contributed by atoms with van der Waals surface area (Å²) >= 11 is 0. The minimum absolute atomic E-state index is 0.000972. The summed E-state index contributed by atoms with van der Waals surface area (Å²) in [5.41, 5.74) is 4.38. The molecule has 1 aliphatic rings. The molecule has 0 bridgehead atoms. The molecule has 2 aromatic carbocycles. The third-order valence-electron chi connectivity index (χ3n) is 4.12. The van der Waals surface area contributed by atoms with Gasteiger partial charge in [-0.3, -0.25) is 0 Å². The molecule has 3 aromatic rings. The highest BCUT2D eigenvalue weighted by Gasteiger charge is 2.27. The van der Waals surface area contributed by atoms with E-state index in [1.807, 2.05) is 42.6 Å². The summed E-state index contributed by atoms with van der Waals surface area (Å²) < 4.78 is 0. The number of aliphatic hydroxyl groups is 1. The Hall–Kier alpha value is -2.32. The number of benzene rings is 2. The zero-order valence-corrected chi connectivity index (χ0v) is 11.0. The molecule has 98 valence electrons. The molecule has 2 N–H and O–H groups in total. The molecule has 1 aliphatic carbocycles. The summed E-state index contributed by atoms with van der Waals surface area (Å²) in [6.07, 6.45) is 5.73. The molecule has 20 heavy (non-hydrogen) atoms. The van der Waals surface area contributed by atoms with E-state index in [0.29, 0.717) is 0 Å². The van der Waals surface area contributed by atoms with E-state index in [2.05, 4.69) is 29.3 Å². The molecule has 1 aromatic heterocycles. The number of H-pyrrole nitrogens is 1. The Morgan fingerprint density at radius 2 is 1.70 bits per heavy atom. The SMILES string of the molecule is O[C@@H]1c2ccccc2C=C[C@H]1c1c[nH]c2ccccc12. The Balaban J connectivity index is 1.85. The van der Waals surface area contributed by atoms with Gasteiger partial charge in [0.05, 0.1) is 6.10 Å². The van der Waals surface area contributed by atoms with Gasteiger partial charge >= 0.3 is 0 Å². The minimum atomic E-state index is -0.490. The van der Waals surface area contributed by atoms with Gasteiger partial charge < -0.3 is 10.1 Å². The molecular formula is C18H15NO. The van der Waals surface area contributed by atoms with Crippen molar-refractivity contribution in [2.75, 3.05) is 0 Å². The zero-order valence-electron chi connectivity index (χ0n) is 11.0. The number of fused-ring (bicyclic) bond motifs is 2. The summed E-state index contributed by atoms with van der Waals surface area (Å²) in [6.45, 7) is 0. The van der Waals surface area contributed by atoms with Crippen molar-refractivity contribution in [3.63, 3.8) is 0 Å². The van der Waals surface area contributed by atoms with E-state index in [4.69, 9.17) is 0 Å². The van der Waals surface area contributed by atoms with Gasteiger partial charge in [0.25, 0.3) is 0 Å². The number of aromatic nitrogens is 1. The lowest BCUT2D eigenvalue weighted by molar-refractivity contribution is 0.161. The van der Waals surface area contributed by atoms with Crippen LogP contribution in [0.3, 0.4) is 0 Å². The van der Waals surface area contributed by atoms with Crippen LogP contribution in [-0.4, -0.2) is 10.1 Å². The fraction of sp³-hybridized carbons (Fsp3) is 0.111. The Morgan fingerprint density at radius 1 is 0.900 bits per heavy atom. The van der Waals surface area contributed by atoms with Gasteiger partial charge in [-0.25, -0.2) is 0 Å². The summed E-state index contributed by atoms with van der Waals surface area (Å²) in [5.74, 6) is 0.000972. The highest BCUT2D eigenvalue weighted by Crippen LogP contribution is 2.40. The van der Waals surface area contributed by atoms with Gasteiger partial charge in [0, 0.05) is 23.0 Å². The van der Waals surface area contributed by atoms with Crippen LogP contribution in [0.1, 0.15) is 28.7 Å². The van der Waals surface area contributed by atoms with Crippen molar-refractivity contribution in [1.82, 2.24) is 4.98 Å². The molecule has 2 heteroatoms. The van der Waals surface area contributed by atoms with E-state index >= 15 is 0 Å². The topological polar surface area (TPSA) is 36.0 Å². The number of hydrogen-bond donors (Lipinski definition) is 2. The van der Waals surface area contributed by atoms with Crippen LogP contribution in [0.4, 0.5) is 0 Å². The first-order valence-corrected chi connectivity index (χ1v) is 6.86. The van der Waals surface area contributed by atoms with Crippen molar-refractivity contribution in [3.8, 4) is 0 Å². The third-order valence-corrected chi connectivity index (χ3v) is 4.12. The predicted molar refractivity (Wildman–Crippen MR) is 81.5 cm³/mol. The molecular weight excluding hydrogens is 246 g/mol. The van der Waals surface area contributed by atoms with Crippen molar-refractivity contribution < 1.29 is 5.11 Å². The summed E-state index contributed by atoms with van der Waals surface area (Å²) in [4.78, 5) is 3.28. The molecule has 1 heterocycles. The first-order valence-electron chi connectivity index (χ1n) is 6.86. The van der Waals surface area contributed by atoms with Crippen LogP contribution in [0, 0.1) is 0 Å². The number of para-hydroxylation sites is 1. The maximum atomic E-state index is 10.7. The van der Waals surface area contributed by atoms with E-state index in [-0.39, 0.29) is 5.92 Å². The molecule has 0 fully saturated rings. The average Bonchev–Trinajstić information content (AvgIpc) is 2.92. The van der Waals surface area contributed by atoms with Crippen molar-refractivity contribution in [2.45, 2.75) is 12.0 Å². The van der Waals surface area contributed by atoms with Gasteiger partial charge in [-0.05, 0) is 22.8 Å². The number of aromatic amines is 1. The second-order valence-electron chi connectivity index (χ2n) is 5.25. The van der Waals surface area contributed by atoms with Crippen molar-refractivity contribution in [1.29, 1.82) is 0 Å². The quantitative estimate of drug-likeness (QED) is 0.682. The van der Waals surface area contributed by atoms with Gasteiger partial charge in [-0.2, -0.15) is 0 Å². The van der Waals surface area contributed by atoms with Gasteiger partial charge in [0.15, 0.2) is 0 Å². The van der Waals surface area contributed by atoms with Crippen molar-refractivity contribution in [2.24, 2.45) is 0 Å². The minimum Gasteiger partial charge on any atom is -0.387 e. The molecule has 4 rings (SSSR count). The monoisotopic (exact) mass is 261 g/mol. The normalized spacial score (nSPS) is 21.1. The first-order chi connectivity index (χ1) is 9.84. The number of hydrogen-bond acceptors (Lipinski definition) is 1. The lowest BCUT2D eigenvalue weighted by atomic mass is 9.82. The highest BCUT2D eigenvalue weighted by molar-refractivity contribution is 5.84. The molecule has 0 saturated heterocycles. The lowest BCUT2D eigenvalue weighted by Crippen LogP contribution is -2.13. The maximum Gasteiger partial charge on any atom is 0.0899 e. The van der Waals surface area contributed by atoms with Gasteiger partial charge in [-0.1, -0.05) is 54.6 Å². The van der Waals surface area contributed by atoms with Crippen LogP contribution in [0.15, 0.2) is 60.8 Å². The molecule has 0 unspecified atom stereocenters. The molecule has 0 spiro atoms. The number of rotatable bonds is 1. The second kappa shape index (κ2) is 4.36. The smallest absolute Gasteiger partial charge is 0.0899 e. The third kappa shape index (κ3) is 1.62. The van der Waals surface area contributed by atoms with Crippen LogP contribution >= 0.6 is 0 Å². The standard InChI is InChI=1S/C18H15NO/c20-18-13-6-2-1-5-12(13)9-10-15(18)16-11-19-17-8-4-3-7-14(16)17/h1-11,15,18-20H/t15-,18+/m0/s1. The molecule has 2 atom stereocenters. The first kappa shape index (κ1) is 11.5. The van der Waals surface area contributed by atoms with Crippen LogP contribution in [0.25, 0.3) is 17.0 Å². The highest BCUT2D eigenvalue weighted by atomic mass is 16.3. The van der Waals surface area contributed by atoms with Crippen LogP contribution < -0.4 is 0 Å². The maximum absolute atomic E-state index is 10.7. The lowest BCUT2D eigenvalue weighted by Gasteiger charge is -2.25. The van der Waals surface area contributed by atoms with Gasteiger partial charge in [0.2, 0.25) is 0 Å². The van der Waals surface area contributed by atoms with Crippen molar-refractivity contribution >= 4 is 17.0 Å². The summed E-state index contributed by atoms with van der Waals surface area (Å²) in [7, 11) is 0. The van der Waals surface area contributed by atoms with Crippen LogP contribution in [0.5, 0.6) is 0 Å². The molecule has 2 nitrogen and oxygen atoms in total. The molecule has 0 amide bonds. The molecule has 0 radical (unpaired) electrons. The Morgan fingerprint density at radius 3 is 2.65 bits per heavy atom. The number of aliphatic hydroxyl groups excluding tert-OH is 1.